The third-order valence-electron chi connectivity index (χ3n) is 4.17. The lowest BCUT2D eigenvalue weighted by atomic mass is 10.2. The van der Waals surface area contributed by atoms with Gasteiger partial charge in [-0.25, -0.2) is 19.2 Å². The largest absolute Gasteiger partial charge is 0.469 e. The highest BCUT2D eigenvalue weighted by molar-refractivity contribution is 5.78. The molecule has 0 aliphatic heterocycles. The molecule has 35 heavy (non-hydrogen) atoms. The van der Waals surface area contributed by atoms with E-state index >= 15 is 0 Å². The molecule has 0 spiro atoms. The minimum absolute atomic E-state index is 0.123. The van der Waals surface area contributed by atoms with Crippen molar-refractivity contribution in [3.8, 4) is 0 Å². The summed E-state index contributed by atoms with van der Waals surface area (Å²) in [5.74, 6) is -3.87. The summed E-state index contributed by atoms with van der Waals surface area (Å²) in [7, 11) is 2.62. The van der Waals surface area contributed by atoms with Crippen molar-refractivity contribution in [3.63, 3.8) is 0 Å². The van der Waals surface area contributed by atoms with Crippen LogP contribution in [0.25, 0.3) is 0 Å². The van der Waals surface area contributed by atoms with Crippen LogP contribution >= 0.6 is 0 Å². The van der Waals surface area contributed by atoms with Gasteiger partial charge in [0.1, 0.15) is 13.2 Å². The zero-order valence-corrected chi connectivity index (χ0v) is 20.2. The van der Waals surface area contributed by atoms with Gasteiger partial charge in [0.15, 0.2) is 13.2 Å². The molecule has 0 radical (unpaired) electrons. The Morgan fingerprint density at radius 2 is 0.800 bits per heavy atom. The third-order valence-corrected chi connectivity index (χ3v) is 4.17. The summed E-state index contributed by atoms with van der Waals surface area (Å²) >= 11 is 0. The Kier molecular flexibility index (Phi) is 19.4. The summed E-state index contributed by atoms with van der Waals surface area (Å²) in [6.45, 7) is -2.18. The Bertz CT molecular complexity index is 618. The Labute approximate surface area is 203 Å². The number of ether oxygens (including phenoxy) is 7. The van der Waals surface area contributed by atoms with Crippen molar-refractivity contribution in [3.05, 3.63) is 0 Å². The number of methoxy groups -OCH3 is 2. The van der Waals surface area contributed by atoms with Crippen molar-refractivity contribution >= 4 is 35.8 Å². The number of rotatable bonds is 20. The van der Waals surface area contributed by atoms with Gasteiger partial charge >= 0.3 is 35.8 Å². The van der Waals surface area contributed by atoms with Crippen molar-refractivity contribution in [2.45, 2.75) is 51.4 Å². The van der Waals surface area contributed by atoms with E-state index in [4.69, 9.17) is 14.2 Å². The van der Waals surface area contributed by atoms with Gasteiger partial charge in [-0.1, -0.05) is 0 Å². The van der Waals surface area contributed by atoms with Gasteiger partial charge in [-0.3, -0.25) is 9.59 Å². The quantitative estimate of drug-likeness (QED) is 0.128. The first-order valence-corrected chi connectivity index (χ1v) is 11.1. The molecule has 0 aliphatic carbocycles. The average Bonchev–Trinajstić information content (AvgIpc) is 2.85. The lowest BCUT2D eigenvalue weighted by Crippen LogP contribution is -2.23. The third kappa shape index (κ3) is 21.1. The van der Waals surface area contributed by atoms with Gasteiger partial charge < -0.3 is 33.2 Å². The minimum Gasteiger partial charge on any atom is -0.469 e. The molecule has 0 aromatic rings. The maximum atomic E-state index is 11.5. The van der Waals surface area contributed by atoms with Crippen molar-refractivity contribution in [1.82, 2.24) is 0 Å². The zero-order chi connectivity index (χ0) is 26.3. The van der Waals surface area contributed by atoms with E-state index in [1.54, 1.807) is 0 Å². The molecule has 0 aromatic carbocycles. The standard InChI is InChI=1S/C22H34O13/c1-29-17(23)9-5-3-7-11-32-21(27)15-34-19(25)13-31-14-20(26)35-16-22(28)33-12-8-4-6-10-18(24)30-2/h3-16H2,1-2H3. The fraction of sp³-hybridized carbons (Fsp3) is 0.727. The van der Waals surface area contributed by atoms with Gasteiger partial charge in [0, 0.05) is 12.8 Å². The summed E-state index contributed by atoms with van der Waals surface area (Å²) in [5, 5.41) is 0. The van der Waals surface area contributed by atoms with Crippen LogP contribution < -0.4 is 0 Å². The van der Waals surface area contributed by atoms with Crippen LogP contribution in [0, 0.1) is 0 Å². The van der Waals surface area contributed by atoms with Crippen molar-refractivity contribution in [2.24, 2.45) is 0 Å². The Balaban J connectivity index is 3.64. The molecule has 0 atom stereocenters. The van der Waals surface area contributed by atoms with E-state index in [0.29, 0.717) is 51.4 Å². The molecule has 13 nitrogen and oxygen atoms in total. The van der Waals surface area contributed by atoms with Crippen molar-refractivity contribution in [1.29, 1.82) is 0 Å². The smallest absolute Gasteiger partial charge is 0.344 e. The van der Waals surface area contributed by atoms with E-state index in [0.717, 1.165) is 0 Å². The first kappa shape index (κ1) is 31.8. The van der Waals surface area contributed by atoms with E-state index in [2.05, 4.69) is 18.9 Å². The highest BCUT2D eigenvalue weighted by Gasteiger charge is 2.12. The number of esters is 6. The molecule has 0 aliphatic rings. The number of unbranched alkanes of at least 4 members (excludes halogenated alkanes) is 4. The molecule has 0 unspecified atom stereocenters. The van der Waals surface area contributed by atoms with Crippen LogP contribution in [0.3, 0.4) is 0 Å². The number of carbonyl (C=O) groups is 6. The second-order valence-corrected chi connectivity index (χ2v) is 7.03. The number of hydrogen-bond donors (Lipinski definition) is 0. The number of hydrogen-bond acceptors (Lipinski definition) is 13. The predicted molar refractivity (Wildman–Crippen MR) is 116 cm³/mol. The van der Waals surface area contributed by atoms with Gasteiger partial charge in [0.25, 0.3) is 0 Å². The number of carbonyl (C=O) groups excluding carboxylic acids is 6. The van der Waals surface area contributed by atoms with E-state index in [9.17, 15) is 28.8 Å². The van der Waals surface area contributed by atoms with E-state index in [1.165, 1.54) is 14.2 Å². The molecule has 0 N–H and O–H groups in total. The summed E-state index contributed by atoms with van der Waals surface area (Å²) in [6, 6.07) is 0. The van der Waals surface area contributed by atoms with Gasteiger partial charge in [0.05, 0.1) is 27.4 Å². The highest BCUT2D eigenvalue weighted by atomic mass is 16.6. The van der Waals surface area contributed by atoms with Crippen LogP contribution in [-0.4, -0.2) is 89.7 Å². The topological polar surface area (TPSA) is 167 Å². The lowest BCUT2D eigenvalue weighted by Gasteiger charge is -2.08. The fourth-order valence-electron chi connectivity index (χ4n) is 2.34. The van der Waals surface area contributed by atoms with Crippen LogP contribution in [0.2, 0.25) is 0 Å². The van der Waals surface area contributed by atoms with Crippen molar-refractivity contribution in [2.75, 3.05) is 53.9 Å². The second kappa shape index (κ2) is 21.3. The normalized spacial score (nSPS) is 10.1. The zero-order valence-electron chi connectivity index (χ0n) is 20.2. The summed E-state index contributed by atoms with van der Waals surface area (Å²) in [6.07, 6.45) is 4.24. The SMILES string of the molecule is COC(=O)CCCCCOC(=O)COC(=O)COCC(=O)OCC(=O)OCCCCCC(=O)OC. The molecule has 13 heteroatoms. The van der Waals surface area contributed by atoms with Crippen molar-refractivity contribution < 1.29 is 61.9 Å². The first-order chi connectivity index (χ1) is 16.8. The van der Waals surface area contributed by atoms with E-state index in [1.807, 2.05) is 0 Å². The molecular formula is C22H34O13. The Morgan fingerprint density at radius 3 is 1.17 bits per heavy atom. The van der Waals surface area contributed by atoms with Crippen LogP contribution in [0.15, 0.2) is 0 Å². The van der Waals surface area contributed by atoms with Gasteiger partial charge in [0.2, 0.25) is 0 Å². The monoisotopic (exact) mass is 506 g/mol. The second-order valence-electron chi connectivity index (χ2n) is 7.03. The molecule has 0 saturated heterocycles. The van der Waals surface area contributed by atoms with Crippen LogP contribution in [-0.2, 0) is 61.9 Å². The Hall–Kier alpha value is -3.22. The minimum atomic E-state index is -0.889. The van der Waals surface area contributed by atoms with Gasteiger partial charge in [-0.05, 0) is 38.5 Å². The van der Waals surface area contributed by atoms with E-state index in [-0.39, 0.29) is 25.2 Å². The molecule has 0 heterocycles. The highest BCUT2D eigenvalue weighted by Crippen LogP contribution is 2.02. The fourth-order valence-corrected chi connectivity index (χ4v) is 2.34. The molecule has 0 bridgehead atoms. The summed E-state index contributed by atoms with van der Waals surface area (Å²) in [4.78, 5) is 67.8. The van der Waals surface area contributed by atoms with Gasteiger partial charge in [-0.15, -0.1) is 0 Å². The summed E-state index contributed by atoms with van der Waals surface area (Å²) in [5.41, 5.74) is 0. The van der Waals surface area contributed by atoms with Crippen LogP contribution in [0.4, 0.5) is 0 Å². The lowest BCUT2D eigenvalue weighted by molar-refractivity contribution is -0.166. The molecular weight excluding hydrogens is 472 g/mol. The molecule has 0 amide bonds. The van der Waals surface area contributed by atoms with Crippen LogP contribution in [0.5, 0.6) is 0 Å². The average molecular weight is 507 g/mol. The molecule has 200 valence electrons. The molecule has 0 saturated carbocycles. The van der Waals surface area contributed by atoms with E-state index < -0.39 is 50.3 Å². The molecule has 0 fully saturated rings. The molecule has 0 aromatic heterocycles. The van der Waals surface area contributed by atoms with Crippen LogP contribution in [0.1, 0.15) is 51.4 Å². The van der Waals surface area contributed by atoms with Gasteiger partial charge in [-0.2, -0.15) is 0 Å². The predicted octanol–water partition coefficient (Wildman–Crippen LogP) is 0.643. The summed E-state index contributed by atoms with van der Waals surface area (Å²) < 4.78 is 32.9. The Morgan fingerprint density at radius 1 is 0.429 bits per heavy atom. The first-order valence-electron chi connectivity index (χ1n) is 11.1. The maximum absolute atomic E-state index is 11.5. The molecule has 0 rings (SSSR count). The maximum Gasteiger partial charge on any atom is 0.344 e.